The van der Waals surface area contributed by atoms with E-state index in [-0.39, 0.29) is 5.54 Å². The van der Waals surface area contributed by atoms with Gasteiger partial charge in [-0.25, -0.2) is 0 Å². The van der Waals surface area contributed by atoms with Crippen LogP contribution < -0.4 is 5.32 Å². The van der Waals surface area contributed by atoms with Crippen LogP contribution in [0, 0.1) is 0 Å². The summed E-state index contributed by atoms with van der Waals surface area (Å²) in [6, 6.07) is 0.514. The summed E-state index contributed by atoms with van der Waals surface area (Å²) in [5.41, 5.74) is 0.229. The van der Waals surface area contributed by atoms with Crippen LogP contribution in [0.1, 0.15) is 33.6 Å². The molecule has 2 heteroatoms. The molecule has 0 bridgehead atoms. The maximum absolute atomic E-state index is 5.49. The van der Waals surface area contributed by atoms with E-state index in [9.17, 15) is 0 Å². The first kappa shape index (κ1) is 9.01. The molecule has 1 aliphatic rings. The molecule has 0 aromatic carbocycles. The van der Waals surface area contributed by atoms with E-state index < -0.39 is 0 Å². The maximum Gasteiger partial charge on any atom is 0.0646 e. The summed E-state index contributed by atoms with van der Waals surface area (Å²) in [4.78, 5) is 0. The molecule has 0 aliphatic carbocycles. The van der Waals surface area contributed by atoms with Gasteiger partial charge in [-0.1, -0.05) is 13.3 Å². The van der Waals surface area contributed by atoms with E-state index in [1.165, 1.54) is 12.8 Å². The Hall–Kier alpha value is -0.0800. The van der Waals surface area contributed by atoms with Crippen LogP contribution in [0.5, 0.6) is 0 Å². The molecule has 66 valence electrons. The Morgan fingerprint density at radius 2 is 2.36 bits per heavy atom. The van der Waals surface area contributed by atoms with Gasteiger partial charge in [0.15, 0.2) is 0 Å². The number of ether oxygens (including phenoxy) is 1. The second-order valence-corrected chi connectivity index (χ2v) is 3.87. The van der Waals surface area contributed by atoms with Crippen molar-refractivity contribution in [2.75, 3.05) is 13.2 Å². The summed E-state index contributed by atoms with van der Waals surface area (Å²) in [7, 11) is 0. The zero-order valence-electron chi connectivity index (χ0n) is 7.81. The molecule has 11 heavy (non-hydrogen) atoms. The largest absolute Gasteiger partial charge is 0.378 e. The van der Waals surface area contributed by atoms with E-state index in [0.29, 0.717) is 6.04 Å². The summed E-state index contributed by atoms with van der Waals surface area (Å²) in [5, 5.41) is 3.57. The van der Waals surface area contributed by atoms with Gasteiger partial charge in [0.25, 0.3) is 0 Å². The standard InChI is InChI=1S/C9H19NO/c1-4-5-9(3)7-11-6-8(2)10-9/h8,10H,4-7H2,1-3H3/t8-,9+/m1/s1. The Balaban J connectivity index is 2.41. The van der Waals surface area contributed by atoms with Gasteiger partial charge in [-0.3, -0.25) is 0 Å². The predicted molar refractivity (Wildman–Crippen MR) is 46.7 cm³/mol. The minimum atomic E-state index is 0.229. The Morgan fingerprint density at radius 1 is 1.64 bits per heavy atom. The fourth-order valence-electron chi connectivity index (χ4n) is 1.84. The molecule has 1 fully saturated rings. The van der Waals surface area contributed by atoms with Crippen LogP contribution in [0.2, 0.25) is 0 Å². The molecule has 0 amide bonds. The maximum atomic E-state index is 5.49. The molecule has 0 aromatic heterocycles. The van der Waals surface area contributed by atoms with Gasteiger partial charge in [-0.15, -0.1) is 0 Å². The van der Waals surface area contributed by atoms with E-state index in [1.54, 1.807) is 0 Å². The van der Waals surface area contributed by atoms with Gasteiger partial charge in [0.1, 0.15) is 0 Å². The van der Waals surface area contributed by atoms with E-state index >= 15 is 0 Å². The molecule has 0 saturated carbocycles. The van der Waals surface area contributed by atoms with Gasteiger partial charge >= 0.3 is 0 Å². The topological polar surface area (TPSA) is 21.3 Å². The van der Waals surface area contributed by atoms with Crippen molar-refractivity contribution >= 4 is 0 Å². The van der Waals surface area contributed by atoms with Crippen molar-refractivity contribution in [2.24, 2.45) is 0 Å². The lowest BCUT2D eigenvalue weighted by Gasteiger charge is -2.38. The summed E-state index contributed by atoms with van der Waals surface area (Å²) in [5.74, 6) is 0. The lowest BCUT2D eigenvalue weighted by atomic mass is 9.95. The van der Waals surface area contributed by atoms with Crippen molar-refractivity contribution in [1.82, 2.24) is 5.32 Å². The third-order valence-corrected chi connectivity index (χ3v) is 2.19. The molecule has 1 aliphatic heterocycles. The number of rotatable bonds is 2. The molecule has 1 heterocycles. The minimum absolute atomic E-state index is 0.229. The molecule has 0 radical (unpaired) electrons. The number of morpholine rings is 1. The smallest absolute Gasteiger partial charge is 0.0646 e. The molecule has 0 aromatic rings. The average Bonchev–Trinajstić information content (AvgIpc) is 1.86. The van der Waals surface area contributed by atoms with Crippen LogP contribution in [0.15, 0.2) is 0 Å². The highest BCUT2D eigenvalue weighted by Crippen LogP contribution is 2.17. The van der Waals surface area contributed by atoms with E-state index in [2.05, 4.69) is 26.1 Å². The first-order valence-corrected chi connectivity index (χ1v) is 4.52. The molecule has 0 unspecified atom stereocenters. The zero-order chi connectivity index (χ0) is 8.32. The molecule has 1 saturated heterocycles. The van der Waals surface area contributed by atoms with Crippen LogP contribution in [-0.4, -0.2) is 24.8 Å². The summed E-state index contributed by atoms with van der Waals surface area (Å²) < 4.78 is 5.49. The molecular formula is C9H19NO. The SMILES string of the molecule is CCC[C@@]1(C)COC[C@@H](C)N1. The molecule has 0 spiro atoms. The van der Waals surface area contributed by atoms with Gasteiger partial charge in [0.05, 0.1) is 13.2 Å². The van der Waals surface area contributed by atoms with Crippen LogP contribution in [-0.2, 0) is 4.74 Å². The van der Waals surface area contributed by atoms with Crippen molar-refractivity contribution < 1.29 is 4.74 Å². The highest BCUT2D eigenvalue weighted by atomic mass is 16.5. The van der Waals surface area contributed by atoms with Crippen molar-refractivity contribution in [3.8, 4) is 0 Å². The van der Waals surface area contributed by atoms with Crippen molar-refractivity contribution in [3.63, 3.8) is 0 Å². The predicted octanol–water partition coefficient (Wildman–Crippen LogP) is 1.55. The van der Waals surface area contributed by atoms with Gasteiger partial charge in [-0.2, -0.15) is 0 Å². The average molecular weight is 157 g/mol. The zero-order valence-corrected chi connectivity index (χ0v) is 7.81. The highest BCUT2D eigenvalue weighted by molar-refractivity contribution is 4.88. The second kappa shape index (κ2) is 3.55. The Morgan fingerprint density at radius 3 is 2.91 bits per heavy atom. The lowest BCUT2D eigenvalue weighted by Crippen LogP contribution is -2.56. The van der Waals surface area contributed by atoms with Crippen molar-refractivity contribution in [3.05, 3.63) is 0 Å². The summed E-state index contributed by atoms with van der Waals surface area (Å²) in [6.45, 7) is 8.36. The second-order valence-electron chi connectivity index (χ2n) is 3.87. The van der Waals surface area contributed by atoms with Gasteiger partial charge in [0, 0.05) is 11.6 Å². The van der Waals surface area contributed by atoms with E-state index in [4.69, 9.17) is 4.74 Å². The van der Waals surface area contributed by atoms with E-state index in [1.807, 2.05) is 0 Å². The molecule has 1 N–H and O–H groups in total. The first-order chi connectivity index (χ1) is 5.16. The number of hydrogen-bond donors (Lipinski definition) is 1. The van der Waals surface area contributed by atoms with Gasteiger partial charge in [0.2, 0.25) is 0 Å². The monoisotopic (exact) mass is 157 g/mol. The molecule has 1 rings (SSSR count). The van der Waals surface area contributed by atoms with Gasteiger partial charge in [-0.05, 0) is 20.3 Å². The third kappa shape index (κ3) is 2.46. The number of hydrogen-bond acceptors (Lipinski definition) is 2. The normalized spacial score (nSPS) is 39.0. The van der Waals surface area contributed by atoms with Crippen molar-refractivity contribution in [2.45, 2.75) is 45.2 Å². The Labute approximate surface area is 69.3 Å². The quantitative estimate of drug-likeness (QED) is 0.656. The van der Waals surface area contributed by atoms with Crippen LogP contribution in [0.25, 0.3) is 0 Å². The van der Waals surface area contributed by atoms with Crippen LogP contribution >= 0.6 is 0 Å². The first-order valence-electron chi connectivity index (χ1n) is 4.52. The van der Waals surface area contributed by atoms with Gasteiger partial charge < -0.3 is 10.1 Å². The Bertz CT molecular complexity index is 123. The molecular weight excluding hydrogens is 138 g/mol. The Kier molecular flexibility index (Phi) is 2.90. The fraction of sp³-hybridized carbons (Fsp3) is 1.00. The molecule has 2 nitrogen and oxygen atoms in total. The molecule has 2 atom stereocenters. The third-order valence-electron chi connectivity index (χ3n) is 2.19. The summed E-state index contributed by atoms with van der Waals surface area (Å²) in [6.07, 6.45) is 2.43. The van der Waals surface area contributed by atoms with Crippen LogP contribution in [0.3, 0.4) is 0 Å². The fourth-order valence-corrected chi connectivity index (χ4v) is 1.84. The number of nitrogens with one attached hydrogen (secondary N) is 1. The minimum Gasteiger partial charge on any atom is -0.378 e. The highest BCUT2D eigenvalue weighted by Gasteiger charge is 2.28. The summed E-state index contributed by atoms with van der Waals surface area (Å²) >= 11 is 0. The lowest BCUT2D eigenvalue weighted by molar-refractivity contribution is 0.00681. The van der Waals surface area contributed by atoms with E-state index in [0.717, 1.165) is 13.2 Å². The van der Waals surface area contributed by atoms with Crippen molar-refractivity contribution in [1.29, 1.82) is 0 Å². The van der Waals surface area contributed by atoms with Crippen LogP contribution in [0.4, 0.5) is 0 Å².